The van der Waals surface area contributed by atoms with Crippen LogP contribution >= 0.6 is 0 Å². The zero-order chi connectivity index (χ0) is 14.0. The summed E-state index contributed by atoms with van der Waals surface area (Å²) in [5, 5.41) is 10.8. The van der Waals surface area contributed by atoms with Crippen LogP contribution in [0, 0.1) is 11.3 Å². The van der Waals surface area contributed by atoms with Crippen LogP contribution in [0.5, 0.6) is 0 Å². The van der Waals surface area contributed by atoms with Crippen molar-refractivity contribution in [2.75, 3.05) is 0 Å². The predicted molar refractivity (Wildman–Crippen MR) is 71.1 cm³/mol. The van der Waals surface area contributed by atoms with Gasteiger partial charge in [0.05, 0.1) is 5.60 Å². The summed E-state index contributed by atoms with van der Waals surface area (Å²) in [6.07, 6.45) is 6.45. The van der Waals surface area contributed by atoms with Crippen LogP contribution < -0.4 is 0 Å². The molecule has 0 aliphatic heterocycles. The minimum Gasteiger partial charge on any atom is -0.385 e. The summed E-state index contributed by atoms with van der Waals surface area (Å²) >= 11 is 0. The monoisotopic (exact) mass is 250 g/mol. The van der Waals surface area contributed by atoms with Crippen LogP contribution in [-0.2, 0) is 9.59 Å². The van der Waals surface area contributed by atoms with Crippen molar-refractivity contribution in [2.45, 2.75) is 46.1 Å². The Hall–Kier alpha value is -1.22. The summed E-state index contributed by atoms with van der Waals surface area (Å²) in [6, 6.07) is 0. The van der Waals surface area contributed by atoms with Gasteiger partial charge in [-0.3, -0.25) is 9.59 Å². The van der Waals surface area contributed by atoms with E-state index < -0.39 is 11.0 Å². The smallest absolute Gasteiger partial charge is 0.143 e. The van der Waals surface area contributed by atoms with Gasteiger partial charge in [-0.25, -0.2) is 0 Å². The van der Waals surface area contributed by atoms with E-state index in [4.69, 9.17) is 0 Å². The van der Waals surface area contributed by atoms with Crippen molar-refractivity contribution in [3.8, 4) is 0 Å². The van der Waals surface area contributed by atoms with Crippen molar-refractivity contribution in [1.29, 1.82) is 0 Å². The maximum Gasteiger partial charge on any atom is 0.143 e. The van der Waals surface area contributed by atoms with Crippen LogP contribution in [0.15, 0.2) is 23.8 Å². The predicted octanol–water partition coefficient (Wildman–Crippen LogP) is 2.44. The highest BCUT2D eigenvalue weighted by Crippen LogP contribution is 2.46. The Morgan fingerprint density at radius 3 is 2.56 bits per heavy atom. The first-order valence-electron chi connectivity index (χ1n) is 6.28. The molecule has 1 N–H and O–H groups in total. The third-order valence-corrected chi connectivity index (χ3v) is 3.94. The van der Waals surface area contributed by atoms with Crippen molar-refractivity contribution in [2.24, 2.45) is 11.3 Å². The summed E-state index contributed by atoms with van der Waals surface area (Å²) in [6.45, 7) is 7.51. The number of hydrogen-bond donors (Lipinski definition) is 1. The maximum absolute atomic E-state index is 11.6. The van der Waals surface area contributed by atoms with Gasteiger partial charge in [-0.15, -0.1) is 0 Å². The Kier molecular flexibility index (Phi) is 4.28. The molecule has 2 atom stereocenters. The van der Waals surface area contributed by atoms with Crippen molar-refractivity contribution >= 4 is 12.1 Å². The number of Topliss-reactive ketones (excluding diaryl/α,β-unsaturated/α-hetero) is 1. The number of carbonyl (C=O) groups is 2. The van der Waals surface area contributed by atoms with Gasteiger partial charge in [0.15, 0.2) is 0 Å². The highest BCUT2D eigenvalue weighted by Gasteiger charge is 2.50. The second kappa shape index (κ2) is 5.19. The summed E-state index contributed by atoms with van der Waals surface area (Å²) in [4.78, 5) is 22.0. The lowest BCUT2D eigenvalue weighted by Crippen LogP contribution is -2.53. The second-order valence-corrected chi connectivity index (χ2v) is 5.91. The fourth-order valence-electron chi connectivity index (χ4n) is 2.68. The van der Waals surface area contributed by atoms with Gasteiger partial charge in [0, 0.05) is 18.3 Å². The lowest BCUT2D eigenvalue weighted by atomic mass is 9.60. The average molecular weight is 250 g/mol. The molecule has 18 heavy (non-hydrogen) atoms. The standard InChI is InChI=1S/C15H22O3/c1-11(6-8-16)5-7-15(18)12(2)9-13(17)10-14(15,3)4/h5-8,12,18H,9-10H2,1-4H3/b7-5+,11-6-/t12?,15-/m1/s1. The molecule has 3 heteroatoms. The van der Waals surface area contributed by atoms with Crippen molar-refractivity contribution in [1.82, 2.24) is 0 Å². The molecular weight excluding hydrogens is 228 g/mol. The van der Waals surface area contributed by atoms with E-state index in [2.05, 4.69) is 0 Å². The molecule has 1 saturated carbocycles. The van der Waals surface area contributed by atoms with E-state index in [0.717, 1.165) is 11.9 Å². The van der Waals surface area contributed by atoms with E-state index in [-0.39, 0.29) is 11.7 Å². The Balaban J connectivity index is 3.05. The van der Waals surface area contributed by atoms with E-state index in [1.54, 1.807) is 19.1 Å². The number of aldehydes is 1. The topological polar surface area (TPSA) is 54.4 Å². The Bertz CT molecular complexity index is 404. The summed E-state index contributed by atoms with van der Waals surface area (Å²) in [5.74, 6) is 0.0831. The van der Waals surface area contributed by atoms with E-state index in [9.17, 15) is 14.7 Å². The molecule has 0 radical (unpaired) electrons. The first kappa shape index (κ1) is 14.8. The van der Waals surface area contributed by atoms with Gasteiger partial charge in [0.25, 0.3) is 0 Å². The molecule has 0 aromatic rings. The third-order valence-electron chi connectivity index (χ3n) is 3.94. The third kappa shape index (κ3) is 2.78. The summed E-state index contributed by atoms with van der Waals surface area (Å²) < 4.78 is 0. The molecule has 3 nitrogen and oxygen atoms in total. The highest BCUT2D eigenvalue weighted by atomic mass is 16.3. The van der Waals surface area contributed by atoms with E-state index in [1.165, 1.54) is 6.08 Å². The second-order valence-electron chi connectivity index (χ2n) is 5.91. The van der Waals surface area contributed by atoms with Gasteiger partial charge in [-0.05, 0) is 24.5 Å². The zero-order valence-electron chi connectivity index (χ0n) is 11.6. The molecule has 0 amide bonds. The molecule has 1 rings (SSSR count). The van der Waals surface area contributed by atoms with Crippen LogP contribution in [0.1, 0.15) is 40.5 Å². The first-order chi connectivity index (χ1) is 8.23. The van der Waals surface area contributed by atoms with Crippen LogP contribution in [0.4, 0.5) is 0 Å². The lowest BCUT2D eigenvalue weighted by Gasteiger charge is -2.48. The quantitative estimate of drug-likeness (QED) is 0.475. The van der Waals surface area contributed by atoms with Crippen LogP contribution in [0.25, 0.3) is 0 Å². The largest absolute Gasteiger partial charge is 0.385 e. The van der Waals surface area contributed by atoms with Gasteiger partial charge < -0.3 is 5.11 Å². The van der Waals surface area contributed by atoms with E-state index in [0.29, 0.717) is 12.8 Å². The van der Waals surface area contributed by atoms with Gasteiger partial charge in [-0.1, -0.05) is 32.9 Å². The normalized spacial score (nSPS) is 32.8. The van der Waals surface area contributed by atoms with Gasteiger partial charge in [0.2, 0.25) is 0 Å². The van der Waals surface area contributed by atoms with Crippen molar-refractivity contribution in [3.05, 3.63) is 23.8 Å². The number of hydrogen-bond acceptors (Lipinski definition) is 3. The van der Waals surface area contributed by atoms with E-state index in [1.807, 2.05) is 20.8 Å². The number of rotatable bonds is 3. The van der Waals surface area contributed by atoms with Crippen molar-refractivity contribution in [3.63, 3.8) is 0 Å². The number of allylic oxidation sites excluding steroid dienone is 3. The van der Waals surface area contributed by atoms with Gasteiger partial charge >= 0.3 is 0 Å². The Labute approximate surface area is 109 Å². The molecule has 0 spiro atoms. The molecule has 0 saturated heterocycles. The molecule has 0 aromatic heterocycles. The van der Waals surface area contributed by atoms with E-state index >= 15 is 0 Å². The fourth-order valence-corrected chi connectivity index (χ4v) is 2.68. The number of aliphatic hydroxyl groups is 1. The number of carbonyl (C=O) groups excluding carboxylic acids is 2. The molecule has 1 fully saturated rings. The molecule has 1 unspecified atom stereocenters. The van der Waals surface area contributed by atoms with Crippen molar-refractivity contribution < 1.29 is 14.7 Å². The van der Waals surface area contributed by atoms with Crippen LogP contribution in [0.3, 0.4) is 0 Å². The van der Waals surface area contributed by atoms with Crippen LogP contribution in [0.2, 0.25) is 0 Å². The average Bonchev–Trinajstić information content (AvgIpc) is 2.23. The fraction of sp³-hybridized carbons (Fsp3) is 0.600. The maximum atomic E-state index is 11.6. The molecule has 100 valence electrons. The minimum absolute atomic E-state index is 0.117. The number of ketones is 1. The summed E-state index contributed by atoms with van der Waals surface area (Å²) in [7, 11) is 0. The Morgan fingerprint density at radius 1 is 1.44 bits per heavy atom. The summed E-state index contributed by atoms with van der Waals surface area (Å²) in [5.41, 5.74) is -0.711. The molecular formula is C15H22O3. The first-order valence-corrected chi connectivity index (χ1v) is 6.28. The van der Waals surface area contributed by atoms with Gasteiger partial charge in [0.1, 0.15) is 12.1 Å². The molecule has 0 heterocycles. The van der Waals surface area contributed by atoms with Crippen LogP contribution in [-0.4, -0.2) is 22.8 Å². The molecule has 0 aromatic carbocycles. The molecule has 0 bridgehead atoms. The lowest BCUT2D eigenvalue weighted by molar-refractivity contribution is -0.142. The Morgan fingerprint density at radius 2 is 2.06 bits per heavy atom. The minimum atomic E-state index is -1.01. The molecule has 1 aliphatic carbocycles. The van der Waals surface area contributed by atoms with Gasteiger partial charge in [-0.2, -0.15) is 0 Å². The highest BCUT2D eigenvalue weighted by molar-refractivity contribution is 5.81. The molecule has 1 aliphatic rings. The zero-order valence-corrected chi connectivity index (χ0v) is 11.6. The SMILES string of the molecule is CC(=C/C=O)/C=C/[C@@]1(O)C(C)CC(=O)CC1(C)C.